The molecule has 6 nitrogen and oxygen atoms in total. The molecule has 43 heavy (non-hydrogen) atoms. The average molecular weight is 595 g/mol. The number of rotatable bonds is 21. The molecule has 2 N–H and O–H groups in total. The van der Waals surface area contributed by atoms with Crippen LogP contribution in [0.5, 0.6) is 0 Å². The van der Waals surface area contributed by atoms with Gasteiger partial charge in [-0.25, -0.2) is 0 Å². The van der Waals surface area contributed by atoms with Crippen molar-refractivity contribution >= 4 is 5.91 Å². The first-order valence-corrected chi connectivity index (χ1v) is 17.1. The van der Waals surface area contributed by atoms with E-state index in [-0.39, 0.29) is 24.7 Å². The minimum Gasteiger partial charge on any atom is -0.392 e. The maximum Gasteiger partial charge on any atom is 0.217 e. The Morgan fingerprint density at radius 1 is 0.767 bits per heavy atom. The van der Waals surface area contributed by atoms with E-state index in [4.69, 9.17) is 9.47 Å². The van der Waals surface area contributed by atoms with E-state index in [2.05, 4.69) is 48.3 Å². The molecule has 6 heteroatoms. The van der Waals surface area contributed by atoms with Crippen LogP contribution in [0.1, 0.15) is 139 Å². The van der Waals surface area contributed by atoms with Crippen LogP contribution in [-0.2, 0) is 27.4 Å². The Morgan fingerprint density at radius 3 is 1.86 bits per heavy atom. The number of unbranched alkanes of at least 4 members (excludes halogenated alkanes) is 10. The van der Waals surface area contributed by atoms with Crippen LogP contribution in [-0.4, -0.2) is 41.7 Å². The molecule has 0 aromatic heterocycles. The van der Waals surface area contributed by atoms with Crippen LogP contribution in [0.4, 0.5) is 0 Å². The minimum absolute atomic E-state index is 0.0348. The maximum atomic E-state index is 11.3. The standard InChI is InChI=1S/C37H58N2O4/c1-4-6-8-10-12-14-24-39(25-15-13-11-9-7-5-2)28-35-26-36(33-20-18-32(29-40)19-21-33)43-37(42-35)34-22-16-31(17-23-34)27-38-30(3)41/h16-23,35-37,40H,4-15,24-29H2,1-3H3,(H,38,41)/t35-,36+,37+/m0/s1. The Kier molecular flexibility index (Phi) is 16.9. The van der Waals surface area contributed by atoms with E-state index >= 15 is 0 Å². The molecule has 2 aromatic carbocycles. The Hall–Kier alpha value is -2.25. The minimum atomic E-state index is -0.457. The summed E-state index contributed by atoms with van der Waals surface area (Å²) in [5, 5.41) is 12.4. The van der Waals surface area contributed by atoms with Crippen LogP contribution in [0.2, 0.25) is 0 Å². The van der Waals surface area contributed by atoms with Crippen molar-refractivity contribution in [1.82, 2.24) is 10.2 Å². The second-order valence-corrected chi connectivity index (χ2v) is 12.3. The number of aliphatic hydroxyl groups excluding tert-OH is 1. The molecule has 3 atom stereocenters. The van der Waals surface area contributed by atoms with E-state index in [0.717, 1.165) is 48.3 Å². The van der Waals surface area contributed by atoms with Gasteiger partial charge < -0.3 is 24.8 Å². The third-order valence-corrected chi connectivity index (χ3v) is 8.53. The molecule has 1 heterocycles. The smallest absolute Gasteiger partial charge is 0.217 e. The highest BCUT2D eigenvalue weighted by molar-refractivity contribution is 5.72. The molecular weight excluding hydrogens is 536 g/mol. The van der Waals surface area contributed by atoms with Crippen LogP contribution >= 0.6 is 0 Å². The van der Waals surface area contributed by atoms with Crippen molar-refractivity contribution in [3.63, 3.8) is 0 Å². The summed E-state index contributed by atoms with van der Waals surface area (Å²) in [6, 6.07) is 16.3. The van der Waals surface area contributed by atoms with Gasteiger partial charge in [-0.15, -0.1) is 0 Å². The van der Waals surface area contributed by atoms with Crippen LogP contribution in [0, 0.1) is 0 Å². The van der Waals surface area contributed by atoms with Gasteiger partial charge in [-0.05, 0) is 42.6 Å². The van der Waals surface area contributed by atoms with Crippen LogP contribution in [0.25, 0.3) is 0 Å². The summed E-state index contributed by atoms with van der Waals surface area (Å²) in [6.45, 7) is 9.80. The van der Waals surface area contributed by atoms with Crippen molar-refractivity contribution in [1.29, 1.82) is 0 Å². The number of benzene rings is 2. The molecule has 0 spiro atoms. The summed E-state index contributed by atoms with van der Waals surface area (Å²) in [6.07, 6.45) is 16.0. The van der Waals surface area contributed by atoms with Crippen molar-refractivity contribution in [3.05, 3.63) is 70.8 Å². The van der Waals surface area contributed by atoms with Gasteiger partial charge in [-0.1, -0.05) is 127 Å². The quantitative estimate of drug-likeness (QED) is 0.142. The molecule has 1 saturated heterocycles. The van der Waals surface area contributed by atoms with Crippen molar-refractivity contribution in [2.75, 3.05) is 19.6 Å². The summed E-state index contributed by atoms with van der Waals surface area (Å²) >= 11 is 0. The molecule has 0 saturated carbocycles. The number of hydrogen-bond donors (Lipinski definition) is 2. The fourth-order valence-corrected chi connectivity index (χ4v) is 5.87. The Balaban J connectivity index is 1.70. The summed E-state index contributed by atoms with van der Waals surface area (Å²) in [5.74, 6) is -0.0348. The van der Waals surface area contributed by atoms with E-state index in [1.165, 1.54) is 84.0 Å². The molecule has 3 rings (SSSR count). The highest BCUT2D eigenvalue weighted by Gasteiger charge is 2.33. The fraction of sp³-hybridized carbons (Fsp3) is 0.649. The first kappa shape index (κ1) is 35.2. The lowest BCUT2D eigenvalue weighted by Crippen LogP contribution is -2.40. The van der Waals surface area contributed by atoms with Crippen molar-refractivity contribution in [2.24, 2.45) is 0 Å². The van der Waals surface area contributed by atoms with Crippen LogP contribution in [0.3, 0.4) is 0 Å². The highest BCUT2D eigenvalue weighted by Crippen LogP contribution is 2.38. The molecule has 0 unspecified atom stereocenters. The van der Waals surface area contributed by atoms with Gasteiger partial charge in [0, 0.05) is 32.0 Å². The number of amides is 1. The van der Waals surface area contributed by atoms with Gasteiger partial charge in [0.05, 0.1) is 18.8 Å². The van der Waals surface area contributed by atoms with Gasteiger partial charge in [0.1, 0.15) is 0 Å². The summed E-state index contributed by atoms with van der Waals surface area (Å²) in [7, 11) is 0. The number of hydrogen-bond acceptors (Lipinski definition) is 5. The predicted molar refractivity (Wildman–Crippen MR) is 176 cm³/mol. The molecule has 1 fully saturated rings. The van der Waals surface area contributed by atoms with Crippen molar-refractivity contribution in [3.8, 4) is 0 Å². The first-order valence-electron chi connectivity index (χ1n) is 17.1. The molecule has 0 bridgehead atoms. The maximum absolute atomic E-state index is 11.3. The molecule has 2 aromatic rings. The molecule has 0 aliphatic carbocycles. The number of carbonyl (C=O) groups excluding carboxylic acids is 1. The molecule has 240 valence electrons. The zero-order chi connectivity index (χ0) is 30.7. The Bertz CT molecular complexity index is 994. The van der Waals surface area contributed by atoms with E-state index in [0.29, 0.717) is 6.54 Å². The molecular formula is C37H58N2O4. The number of aliphatic hydroxyl groups is 1. The molecule has 1 amide bonds. The normalized spacial score (nSPS) is 18.7. The number of nitrogens with one attached hydrogen (secondary N) is 1. The van der Waals surface area contributed by atoms with Crippen LogP contribution in [0.15, 0.2) is 48.5 Å². The van der Waals surface area contributed by atoms with E-state index in [9.17, 15) is 9.90 Å². The zero-order valence-corrected chi connectivity index (χ0v) is 27.2. The van der Waals surface area contributed by atoms with Gasteiger partial charge in [0.25, 0.3) is 0 Å². The predicted octanol–water partition coefficient (Wildman–Crippen LogP) is 8.38. The van der Waals surface area contributed by atoms with Gasteiger partial charge in [0.15, 0.2) is 6.29 Å². The van der Waals surface area contributed by atoms with E-state index in [1.54, 1.807) is 0 Å². The average Bonchev–Trinajstić information content (AvgIpc) is 3.03. The monoisotopic (exact) mass is 594 g/mol. The molecule has 0 radical (unpaired) electrons. The van der Waals surface area contributed by atoms with E-state index in [1.807, 2.05) is 24.3 Å². The van der Waals surface area contributed by atoms with Gasteiger partial charge in [-0.3, -0.25) is 4.79 Å². The van der Waals surface area contributed by atoms with Crippen molar-refractivity contribution < 1.29 is 19.4 Å². The van der Waals surface area contributed by atoms with Crippen LogP contribution < -0.4 is 5.32 Å². The number of nitrogens with zero attached hydrogens (tertiary/aromatic N) is 1. The third-order valence-electron chi connectivity index (χ3n) is 8.53. The fourth-order valence-electron chi connectivity index (χ4n) is 5.87. The van der Waals surface area contributed by atoms with Gasteiger partial charge >= 0.3 is 0 Å². The second kappa shape index (κ2) is 20.7. The topological polar surface area (TPSA) is 71.0 Å². The Morgan fingerprint density at radius 2 is 1.30 bits per heavy atom. The third kappa shape index (κ3) is 13.5. The first-order chi connectivity index (χ1) is 21.0. The van der Waals surface area contributed by atoms with Gasteiger partial charge in [-0.2, -0.15) is 0 Å². The number of carbonyl (C=O) groups is 1. The molecule has 1 aliphatic rings. The molecule has 1 aliphatic heterocycles. The lowest BCUT2D eigenvalue weighted by molar-refractivity contribution is -0.253. The van der Waals surface area contributed by atoms with Gasteiger partial charge in [0.2, 0.25) is 5.91 Å². The summed E-state index contributed by atoms with van der Waals surface area (Å²) < 4.78 is 13.3. The summed E-state index contributed by atoms with van der Waals surface area (Å²) in [5.41, 5.74) is 4.07. The highest BCUT2D eigenvalue weighted by atomic mass is 16.7. The second-order valence-electron chi connectivity index (χ2n) is 12.3. The van der Waals surface area contributed by atoms with E-state index < -0.39 is 6.29 Å². The summed E-state index contributed by atoms with van der Waals surface area (Å²) in [4.78, 5) is 14.0. The SMILES string of the molecule is CCCCCCCCN(CCCCCCCC)C[C@@H]1C[C@H](c2ccc(CO)cc2)O[C@H](c2ccc(CNC(C)=O)cc2)O1. The Labute approximate surface area is 261 Å². The number of ether oxygens (including phenoxy) is 2. The zero-order valence-electron chi connectivity index (χ0n) is 27.2. The lowest BCUT2D eigenvalue weighted by Gasteiger charge is -2.38. The largest absolute Gasteiger partial charge is 0.392 e. The lowest BCUT2D eigenvalue weighted by atomic mass is 9.99. The van der Waals surface area contributed by atoms with Crippen molar-refractivity contribution in [2.45, 2.75) is 136 Å².